The molecule has 1 aliphatic heterocycles. The molecule has 16 heavy (non-hydrogen) atoms. The van der Waals surface area contributed by atoms with Crippen molar-refractivity contribution in [2.75, 3.05) is 20.1 Å². The quantitative estimate of drug-likeness (QED) is 0.807. The van der Waals surface area contributed by atoms with E-state index in [2.05, 4.69) is 16.9 Å². The van der Waals surface area contributed by atoms with Crippen molar-refractivity contribution >= 4 is 5.91 Å². The Balaban J connectivity index is 2.19. The lowest BCUT2D eigenvalue weighted by Crippen LogP contribution is -2.31. The normalized spacial score (nSPS) is 21.9. The zero-order chi connectivity index (χ0) is 11.5. The van der Waals surface area contributed by atoms with Gasteiger partial charge in [0, 0.05) is 18.2 Å². The van der Waals surface area contributed by atoms with E-state index in [1.165, 1.54) is 6.42 Å². The molecule has 4 heteroatoms. The van der Waals surface area contributed by atoms with Gasteiger partial charge in [0.05, 0.1) is 0 Å². The molecule has 4 nitrogen and oxygen atoms in total. The van der Waals surface area contributed by atoms with Gasteiger partial charge in [-0.3, -0.25) is 4.79 Å². The van der Waals surface area contributed by atoms with Crippen molar-refractivity contribution in [1.29, 1.82) is 0 Å². The molecule has 0 aliphatic carbocycles. The molecule has 86 valence electrons. The van der Waals surface area contributed by atoms with Crippen LogP contribution in [0.4, 0.5) is 0 Å². The molecule has 0 unspecified atom stereocenters. The van der Waals surface area contributed by atoms with Crippen LogP contribution >= 0.6 is 0 Å². The summed E-state index contributed by atoms with van der Waals surface area (Å²) in [7, 11) is 2.12. The summed E-state index contributed by atoms with van der Waals surface area (Å²) in [6.07, 6.45) is 2.32. The lowest BCUT2D eigenvalue weighted by Gasteiger charge is -2.29. The van der Waals surface area contributed by atoms with Crippen molar-refractivity contribution in [2.24, 2.45) is 5.73 Å². The first-order valence-corrected chi connectivity index (χ1v) is 5.62. The number of hydrogen-bond acceptors (Lipinski definition) is 3. The van der Waals surface area contributed by atoms with Gasteiger partial charge in [0.1, 0.15) is 5.69 Å². The zero-order valence-electron chi connectivity index (χ0n) is 9.52. The van der Waals surface area contributed by atoms with Crippen LogP contribution in [0.3, 0.4) is 0 Å². The van der Waals surface area contributed by atoms with Crippen LogP contribution in [-0.2, 0) is 0 Å². The molecule has 1 aliphatic rings. The number of nitrogens with two attached hydrogens (primary N) is 1. The Hall–Kier alpha value is -1.42. The molecular weight excluding hydrogens is 202 g/mol. The molecule has 0 spiro atoms. The van der Waals surface area contributed by atoms with Gasteiger partial charge in [-0.15, -0.1) is 0 Å². The monoisotopic (exact) mass is 219 g/mol. The molecule has 0 radical (unpaired) electrons. The van der Waals surface area contributed by atoms with Gasteiger partial charge in [0.25, 0.3) is 5.91 Å². The maximum Gasteiger partial charge on any atom is 0.267 e. The van der Waals surface area contributed by atoms with Crippen molar-refractivity contribution in [1.82, 2.24) is 9.88 Å². The van der Waals surface area contributed by atoms with Gasteiger partial charge in [0.2, 0.25) is 0 Å². The highest BCUT2D eigenvalue weighted by Gasteiger charge is 2.20. The van der Waals surface area contributed by atoms with Crippen LogP contribution in [0.5, 0.6) is 0 Å². The molecule has 1 aromatic heterocycles. The number of aromatic nitrogens is 1. The van der Waals surface area contributed by atoms with Gasteiger partial charge in [-0.25, -0.2) is 4.98 Å². The fraction of sp³-hybridized carbons (Fsp3) is 0.500. The van der Waals surface area contributed by atoms with Gasteiger partial charge >= 0.3 is 0 Å². The number of carbonyl (C=O) groups is 1. The first kappa shape index (κ1) is 11.1. The average Bonchev–Trinajstić information content (AvgIpc) is 2.29. The molecule has 1 fully saturated rings. The molecule has 0 bridgehead atoms. The molecule has 2 N–H and O–H groups in total. The highest BCUT2D eigenvalue weighted by molar-refractivity contribution is 5.90. The predicted octanol–water partition coefficient (Wildman–Crippen LogP) is 0.990. The van der Waals surface area contributed by atoms with Crippen LogP contribution in [-0.4, -0.2) is 35.9 Å². The number of likely N-dealkylation sites (N-methyl/N-ethyl adjacent to an activating group) is 1. The number of rotatable bonds is 2. The highest BCUT2D eigenvalue weighted by atomic mass is 16.1. The Kier molecular flexibility index (Phi) is 3.19. The van der Waals surface area contributed by atoms with E-state index in [4.69, 9.17) is 5.73 Å². The van der Waals surface area contributed by atoms with Crippen molar-refractivity contribution in [3.63, 3.8) is 0 Å². The molecule has 1 aromatic rings. The summed E-state index contributed by atoms with van der Waals surface area (Å²) < 4.78 is 0. The minimum Gasteiger partial charge on any atom is -0.364 e. The van der Waals surface area contributed by atoms with E-state index in [0.717, 1.165) is 25.2 Å². The lowest BCUT2D eigenvalue weighted by atomic mass is 9.94. The average molecular weight is 219 g/mol. The molecule has 1 atom stereocenters. The number of pyridine rings is 1. The van der Waals surface area contributed by atoms with Crippen molar-refractivity contribution in [3.8, 4) is 0 Å². The summed E-state index contributed by atoms with van der Waals surface area (Å²) in [6, 6.07) is 5.51. The van der Waals surface area contributed by atoms with Crippen LogP contribution in [0.15, 0.2) is 18.2 Å². The Morgan fingerprint density at radius 1 is 1.56 bits per heavy atom. The third-order valence-corrected chi connectivity index (χ3v) is 3.07. The van der Waals surface area contributed by atoms with Crippen LogP contribution < -0.4 is 5.73 Å². The summed E-state index contributed by atoms with van der Waals surface area (Å²) in [5, 5.41) is 0. The van der Waals surface area contributed by atoms with Gasteiger partial charge in [-0.05, 0) is 38.6 Å². The van der Waals surface area contributed by atoms with E-state index in [-0.39, 0.29) is 0 Å². The van der Waals surface area contributed by atoms with Gasteiger partial charge in [-0.1, -0.05) is 6.07 Å². The Morgan fingerprint density at radius 2 is 2.38 bits per heavy atom. The van der Waals surface area contributed by atoms with Gasteiger partial charge < -0.3 is 10.6 Å². The number of hydrogen-bond donors (Lipinski definition) is 1. The summed E-state index contributed by atoms with van der Waals surface area (Å²) in [5.74, 6) is -0.0240. The Labute approximate surface area is 95.5 Å². The number of primary amides is 1. The lowest BCUT2D eigenvalue weighted by molar-refractivity contribution is 0.0995. The minimum absolute atomic E-state index is 0.366. The maximum absolute atomic E-state index is 11.0. The summed E-state index contributed by atoms with van der Waals surface area (Å²) in [4.78, 5) is 17.7. The smallest absolute Gasteiger partial charge is 0.267 e. The third kappa shape index (κ3) is 2.39. The largest absolute Gasteiger partial charge is 0.364 e. The van der Waals surface area contributed by atoms with Crippen LogP contribution in [0.25, 0.3) is 0 Å². The minimum atomic E-state index is -0.453. The summed E-state index contributed by atoms with van der Waals surface area (Å²) in [6.45, 7) is 2.15. The Bertz CT molecular complexity index is 392. The van der Waals surface area contributed by atoms with Gasteiger partial charge in [0.15, 0.2) is 0 Å². The molecule has 1 saturated heterocycles. The first-order chi connectivity index (χ1) is 7.66. The van der Waals surface area contributed by atoms with E-state index in [1.807, 2.05) is 12.1 Å². The number of amides is 1. The summed E-state index contributed by atoms with van der Waals surface area (Å²) >= 11 is 0. The molecule has 0 aromatic carbocycles. The standard InChI is InChI=1S/C12H17N3O/c1-15-7-3-4-9(8-15)10-5-2-6-11(14-10)12(13)16/h2,5-6,9H,3-4,7-8H2,1H3,(H2,13,16)/t9-/m1/s1. The van der Waals surface area contributed by atoms with E-state index in [9.17, 15) is 4.79 Å². The predicted molar refractivity (Wildman–Crippen MR) is 62.2 cm³/mol. The molecule has 1 amide bonds. The zero-order valence-corrected chi connectivity index (χ0v) is 9.52. The first-order valence-electron chi connectivity index (χ1n) is 5.62. The number of carbonyl (C=O) groups excluding carboxylic acids is 1. The molecule has 2 rings (SSSR count). The second kappa shape index (κ2) is 4.61. The highest BCUT2D eigenvalue weighted by Crippen LogP contribution is 2.24. The fourth-order valence-corrected chi connectivity index (χ4v) is 2.22. The van der Waals surface area contributed by atoms with Crippen LogP contribution in [0, 0.1) is 0 Å². The van der Waals surface area contributed by atoms with E-state index >= 15 is 0 Å². The van der Waals surface area contributed by atoms with Crippen molar-refractivity contribution in [3.05, 3.63) is 29.6 Å². The fourth-order valence-electron chi connectivity index (χ4n) is 2.22. The van der Waals surface area contributed by atoms with Gasteiger partial charge in [-0.2, -0.15) is 0 Å². The van der Waals surface area contributed by atoms with E-state index < -0.39 is 5.91 Å². The SMILES string of the molecule is CN1CCC[C@@H](c2cccc(C(N)=O)n2)C1. The van der Waals surface area contributed by atoms with Crippen LogP contribution in [0.2, 0.25) is 0 Å². The topological polar surface area (TPSA) is 59.2 Å². The number of piperidine rings is 1. The summed E-state index contributed by atoms with van der Waals surface area (Å²) in [5.41, 5.74) is 6.58. The second-order valence-corrected chi connectivity index (χ2v) is 4.41. The Morgan fingerprint density at radius 3 is 3.06 bits per heavy atom. The molecule has 0 saturated carbocycles. The third-order valence-electron chi connectivity index (χ3n) is 3.07. The van der Waals surface area contributed by atoms with E-state index in [1.54, 1.807) is 6.07 Å². The maximum atomic E-state index is 11.0. The second-order valence-electron chi connectivity index (χ2n) is 4.41. The molecule has 2 heterocycles. The van der Waals surface area contributed by atoms with Crippen molar-refractivity contribution in [2.45, 2.75) is 18.8 Å². The van der Waals surface area contributed by atoms with Crippen LogP contribution in [0.1, 0.15) is 34.9 Å². The number of nitrogens with zero attached hydrogens (tertiary/aromatic N) is 2. The van der Waals surface area contributed by atoms with E-state index in [0.29, 0.717) is 11.6 Å². The number of likely N-dealkylation sites (tertiary alicyclic amines) is 1. The van der Waals surface area contributed by atoms with Crippen molar-refractivity contribution < 1.29 is 4.79 Å². The molecular formula is C12H17N3O.